The number of carboxylic acid groups (broad SMARTS) is 1. The first kappa shape index (κ1) is 31.3. The molecule has 2 saturated heterocycles. The first-order valence-corrected chi connectivity index (χ1v) is 14.5. The van der Waals surface area contributed by atoms with Crippen molar-refractivity contribution in [2.24, 2.45) is 11.7 Å². The third kappa shape index (κ3) is 6.89. The number of likely N-dealkylation sites (tertiary alicyclic amines) is 1. The van der Waals surface area contributed by atoms with Crippen molar-refractivity contribution in [3.63, 3.8) is 0 Å². The van der Waals surface area contributed by atoms with E-state index >= 15 is 0 Å². The molecular formula is C27H41N7O8. The number of nitrogens with one attached hydrogen (secondary N) is 2. The van der Waals surface area contributed by atoms with E-state index in [0.717, 1.165) is 32.1 Å². The molecule has 0 radical (unpaired) electrons. The number of amides is 4. The highest BCUT2D eigenvalue weighted by Gasteiger charge is 2.49. The van der Waals surface area contributed by atoms with Crippen molar-refractivity contribution in [2.45, 2.75) is 101 Å². The van der Waals surface area contributed by atoms with Gasteiger partial charge >= 0.3 is 6.09 Å². The van der Waals surface area contributed by atoms with Gasteiger partial charge in [0.15, 0.2) is 0 Å². The van der Waals surface area contributed by atoms with Crippen molar-refractivity contribution < 1.29 is 38.9 Å². The summed E-state index contributed by atoms with van der Waals surface area (Å²) in [6, 6.07) is -2.81. The van der Waals surface area contributed by atoms with Crippen molar-refractivity contribution in [2.75, 3.05) is 19.8 Å². The van der Waals surface area contributed by atoms with Crippen LogP contribution in [0.4, 0.5) is 4.79 Å². The molecule has 3 aliphatic rings. The topological polar surface area (TPSA) is 219 Å². The second-order valence-electron chi connectivity index (χ2n) is 12.1. The van der Waals surface area contributed by atoms with Crippen molar-refractivity contribution in [3.05, 3.63) is 11.9 Å². The maximum absolute atomic E-state index is 14.0. The summed E-state index contributed by atoms with van der Waals surface area (Å²) >= 11 is 0. The van der Waals surface area contributed by atoms with Crippen LogP contribution >= 0.6 is 0 Å². The van der Waals surface area contributed by atoms with Gasteiger partial charge in [-0.3, -0.25) is 19.2 Å². The van der Waals surface area contributed by atoms with Gasteiger partial charge in [0.1, 0.15) is 23.2 Å². The van der Waals surface area contributed by atoms with Crippen LogP contribution in [0.1, 0.15) is 83.4 Å². The molecule has 3 atom stereocenters. The molecule has 0 aromatic carbocycles. The number of hydrogen-bond acceptors (Lipinski definition) is 9. The van der Waals surface area contributed by atoms with Crippen LogP contribution in [0.2, 0.25) is 0 Å². The largest absolute Gasteiger partial charge is 0.465 e. The maximum atomic E-state index is 14.0. The molecule has 1 aromatic rings. The molecule has 232 valence electrons. The third-order valence-electron chi connectivity index (χ3n) is 8.67. The molecule has 3 heterocycles. The SMILES string of the molecule is CC(C)(O)c1cnnn1[C@H]1C[C@@H](C(=O)NC2(C(=O)C(N)=O)CCOCC2)N(C(=O)[C@@H](CC2CCCCC2)NC(=O)O)C1. The molecule has 6 N–H and O–H groups in total. The van der Waals surface area contributed by atoms with E-state index in [9.17, 15) is 34.2 Å². The lowest BCUT2D eigenvalue weighted by atomic mass is 9.84. The zero-order valence-electron chi connectivity index (χ0n) is 24.1. The summed E-state index contributed by atoms with van der Waals surface area (Å²) in [6.45, 7) is 3.34. The zero-order valence-corrected chi connectivity index (χ0v) is 24.1. The monoisotopic (exact) mass is 591 g/mol. The molecule has 1 saturated carbocycles. The molecule has 3 fully saturated rings. The molecule has 0 bridgehead atoms. The van der Waals surface area contributed by atoms with Crippen LogP contribution in [-0.4, -0.2) is 97.1 Å². The van der Waals surface area contributed by atoms with E-state index in [2.05, 4.69) is 20.9 Å². The molecule has 15 heteroatoms. The molecule has 0 unspecified atom stereocenters. The van der Waals surface area contributed by atoms with Crippen molar-refractivity contribution in [1.82, 2.24) is 30.5 Å². The van der Waals surface area contributed by atoms with Crippen LogP contribution in [0, 0.1) is 5.92 Å². The van der Waals surface area contributed by atoms with Gasteiger partial charge in [0.25, 0.3) is 5.91 Å². The van der Waals surface area contributed by atoms with Gasteiger partial charge < -0.3 is 36.2 Å². The molecule has 4 rings (SSSR count). The van der Waals surface area contributed by atoms with Crippen LogP contribution in [0.15, 0.2) is 6.20 Å². The number of carbonyl (C=O) groups excluding carboxylic acids is 4. The summed E-state index contributed by atoms with van der Waals surface area (Å²) in [5.74, 6) is -3.24. The van der Waals surface area contributed by atoms with E-state index < -0.39 is 58.9 Å². The van der Waals surface area contributed by atoms with E-state index in [4.69, 9.17) is 10.5 Å². The number of Topliss-reactive ketones (excluding diaryl/α,β-unsaturated/α-hetero) is 1. The van der Waals surface area contributed by atoms with Crippen LogP contribution in [0.25, 0.3) is 0 Å². The lowest BCUT2D eigenvalue weighted by molar-refractivity contribution is -0.147. The van der Waals surface area contributed by atoms with Gasteiger partial charge in [-0.05, 0) is 26.2 Å². The smallest absolute Gasteiger partial charge is 0.405 e. The van der Waals surface area contributed by atoms with E-state index in [-0.39, 0.29) is 44.9 Å². The van der Waals surface area contributed by atoms with Crippen molar-refractivity contribution in [1.29, 1.82) is 0 Å². The average Bonchev–Trinajstić information content (AvgIpc) is 3.61. The molecule has 2 aliphatic heterocycles. The highest BCUT2D eigenvalue weighted by atomic mass is 16.5. The minimum Gasteiger partial charge on any atom is -0.465 e. The molecule has 4 amide bonds. The number of nitrogens with two attached hydrogens (primary N) is 1. The quantitative estimate of drug-likeness (QED) is 0.229. The molecule has 15 nitrogen and oxygen atoms in total. The lowest BCUT2D eigenvalue weighted by Crippen LogP contribution is -2.64. The number of ketones is 1. The van der Waals surface area contributed by atoms with Gasteiger partial charge in [-0.2, -0.15) is 0 Å². The van der Waals surface area contributed by atoms with E-state index in [1.165, 1.54) is 15.8 Å². The Morgan fingerprint density at radius 3 is 2.43 bits per heavy atom. The van der Waals surface area contributed by atoms with Crippen LogP contribution in [0.5, 0.6) is 0 Å². The summed E-state index contributed by atoms with van der Waals surface area (Å²) in [7, 11) is 0. The number of primary amides is 1. The van der Waals surface area contributed by atoms with Gasteiger partial charge in [0.05, 0.1) is 17.9 Å². The Hall–Kier alpha value is -3.59. The predicted molar refractivity (Wildman–Crippen MR) is 146 cm³/mol. The number of hydrogen-bond donors (Lipinski definition) is 5. The Labute approximate surface area is 243 Å². The standard InChI is InChI=1S/C27H41N7O8/c1-26(2,41)20-14-29-32-34(20)17-13-19(23(37)31-27(21(35)22(28)36)8-10-42-11-9-27)33(15-17)24(38)18(30-25(39)40)12-16-6-4-3-5-7-16/h14,16-19,30,41H,3-13,15H2,1-2H3,(H2,28,36)(H,31,37)(H,39,40)/t17-,18+,19-/m0/s1. The minimum atomic E-state index is -1.58. The summed E-state index contributed by atoms with van der Waals surface area (Å²) in [5, 5.41) is 33.4. The average molecular weight is 592 g/mol. The highest BCUT2D eigenvalue weighted by molar-refractivity contribution is 6.39. The Morgan fingerprint density at radius 2 is 1.83 bits per heavy atom. The Kier molecular flexibility index (Phi) is 9.50. The summed E-state index contributed by atoms with van der Waals surface area (Å²) in [4.78, 5) is 65.8. The van der Waals surface area contributed by atoms with Gasteiger partial charge in [-0.1, -0.05) is 37.3 Å². The minimum absolute atomic E-state index is 0.0221. The number of nitrogens with zero attached hydrogens (tertiary/aromatic N) is 4. The highest BCUT2D eigenvalue weighted by Crippen LogP contribution is 2.34. The molecule has 0 spiro atoms. The first-order valence-electron chi connectivity index (χ1n) is 14.5. The molecule has 1 aliphatic carbocycles. The molecular weight excluding hydrogens is 550 g/mol. The Morgan fingerprint density at radius 1 is 1.17 bits per heavy atom. The number of aromatic nitrogens is 3. The summed E-state index contributed by atoms with van der Waals surface area (Å²) in [5.41, 5.74) is 2.78. The fourth-order valence-corrected chi connectivity index (χ4v) is 6.45. The lowest BCUT2D eigenvalue weighted by Gasteiger charge is -2.37. The van der Waals surface area contributed by atoms with Gasteiger partial charge in [-0.15, -0.1) is 5.10 Å². The first-order chi connectivity index (χ1) is 19.8. The van der Waals surface area contributed by atoms with E-state index in [1.807, 2.05) is 0 Å². The Balaban J connectivity index is 1.66. The third-order valence-corrected chi connectivity index (χ3v) is 8.67. The van der Waals surface area contributed by atoms with Crippen molar-refractivity contribution >= 4 is 29.6 Å². The number of ether oxygens (including phenoxy) is 1. The predicted octanol–water partition coefficient (Wildman–Crippen LogP) is -0.0261. The van der Waals surface area contributed by atoms with Gasteiger partial charge in [-0.25, -0.2) is 9.48 Å². The maximum Gasteiger partial charge on any atom is 0.405 e. The summed E-state index contributed by atoms with van der Waals surface area (Å²) < 4.78 is 6.81. The fourth-order valence-electron chi connectivity index (χ4n) is 6.45. The fraction of sp³-hybridized carbons (Fsp3) is 0.741. The molecule has 1 aromatic heterocycles. The number of aliphatic hydroxyl groups is 1. The number of rotatable bonds is 10. The Bertz CT molecular complexity index is 1180. The van der Waals surface area contributed by atoms with Crippen LogP contribution < -0.4 is 16.4 Å². The van der Waals surface area contributed by atoms with E-state index in [0.29, 0.717) is 12.1 Å². The van der Waals surface area contributed by atoms with Crippen LogP contribution in [0.3, 0.4) is 0 Å². The second-order valence-corrected chi connectivity index (χ2v) is 12.1. The normalized spacial score (nSPS) is 23.6. The molecule has 42 heavy (non-hydrogen) atoms. The van der Waals surface area contributed by atoms with E-state index in [1.54, 1.807) is 13.8 Å². The van der Waals surface area contributed by atoms with Gasteiger partial charge in [0, 0.05) is 39.0 Å². The second kappa shape index (κ2) is 12.7. The van der Waals surface area contributed by atoms with Gasteiger partial charge in [0.2, 0.25) is 17.6 Å². The van der Waals surface area contributed by atoms with Crippen molar-refractivity contribution in [3.8, 4) is 0 Å². The summed E-state index contributed by atoms with van der Waals surface area (Å²) in [6.07, 6.45) is 5.30. The zero-order chi connectivity index (χ0) is 30.7. The van der Waals surface area contributed by atoms with Crippen LogP contribution in [-0.2, 0) is 29.5 Å². The number of carbonyl (C=O) groups is 5.